The lowest BCUT2D eigenvalue weighted by atomic mass is 9.94. The van der Waals surface area contributed by atoms with Gasteiger partial charge in [0, 0.05) is 6.42 Å². The summed E-state index contributed by atoms with van der Waals surface area (Å²) in [5.74, 6) is -0.114. The van der Waals surface area contributed by atoms with E-state index in [0.29, 0.717) is 0 Å². The molecular formula is C18H21N5O5. The van der Waals surface area contributed by atoms with Gasteiger partial charge in [0.05, 0.1) is 12.9 Å². The Kier molecular flexibility index (Phi) is 4.42. The highest BCUT2D eigenvalue weighted by Crippen LogP contribution is 2.40. The molecule has 1 saturated heterocycles. The van der Waals surface area contributed by atoms with Gasteiger partial charge in [0.2, 0.25) is 5.95 Å². The van der Waals surface area contributed by atoms with Crippen molar-refractivity contribution in [2.75, 3.05) is 12.3 Å². The normalized spacial score (nSPS) is 27.5. The van der Waals surface area contributed by atoms with Crippen LogP contribution >= 0.6 is 0 Å². The first-order valence-electron chi connectivity index (χ1n) is 8.79. The number of fused-ring (bicyclic) bond motifs is 1. The zero-order chi connectivity index (χ0) is 20.1. The Labute approximate surface area is 159 Å². The van der Waals surface area contributed by atoms with Crippen LogP contribution in [-0.4, -0.2) is 59.8 Å². The monoisotopic (exact) mass is 387 g/mol. The van der Waals surface area contributed by atoms with Gasteiger partial charge in [-0.05, 0) is 12.5 Å². The number of benzene rings is 1. The highest BCUT2D eigenvalue weighted by Gasteiger charge is 2.56. The third kappa shape index (κ3) is 2.78. The van der Waals surface area contributed by atoms with Gasteiger partial charge in [0.1, 0.15) is 18.3 Å². The third-order valence-electron chi connectivity index (χ3n) is 5.11. The number of ether oxygens (including phenoxy) is 1. The quantitative estimate of drug-likeness (QED) is 0.382. The Morgan fingerprint density at radius 2 is 2.04 bits per heavy atom. The number of nitrogens with one attached hydrogen (secondary N) is 1. The zero-order valence-corrected chi connectivity index (χ0v) is 15.1. The summed E-state index contributed by atoms with van der Waals surface area (Å²) in [4.78, 5) is 22.7. The fourth-order valence-electron chi connectivity index (χ4n) is 3.65. The number of hydrogen-bond acceptors (Lipinski definition) is 8. The lowest BCUT2D eigenvalue weighted by Crippen LogP contribution is -2.47. The van der Waals surface area contributed by atoms with E-state index in [-0.39, 0.29) is 23.5 Å². The predicted octanol–water partition coefficient (Wildman–Crippen LogP) is -0.981. The summed E-state index contributed by atoms with van der Waals surface area (Å²) in [5.41, 5.74) is 5.62. The smallest absolute Gasteiger partial charge is 0.280 e. The number of aliphatic hydroxyl groups is 3. The molecule has 0 spiro atoms. The van der Waals surface area contributed by atoms with Crippen LogP contribution in [0.3, 0.4) is 0 Å². The molecule has 28 heavy (non-hydrogen) atoms. The number of aromatic nitrogens is 4. The molecule has 4 atom stereocenters. The van der Waals surface area contributed by atoms with Crippen LogP contribution < -0.4 is 11.3 Å². The van der Waals surface area contributed by atoms with Crippen molar-refractivity contribution in [2.24, 2.45) is 0 Å². The molecule has 3 heterocycles. The number of nitrogens with two attached hydrogens (primary N) is 1. The SMILES string of the molecule is Cc1ccc(C[C@@]2(n3cnc4c(=O)[nH]c(N)nc43)O[C@H](CO)[C@@H](O)[C@H]2O)cc1. The van der Waals surface area contributed by atoms with E-state index in [9.17, 15) is 20.1 Å². The number of nitrogen functional groups attached to an aromatic ring is 1. The van der Waals surface area contributed by atoms with Crippen LogP contribution in [0.1, 0.15) is 11.1 Å². The van der Waals surface area contributed by atoms with E-state index >= 15 is 0 Å². The molecule has 148 valence electrons. The molecule has 1 aromatic carbocycles. The number of imidazole rings is 1. The van der Waals surface area contributed by atoms with E-state index in [0.717, 1.165) is 11.1 Å². The molecule has 0 aliphatic carbocycles. The fourth-order valence-corrected chi connectivity index (χ4v) is 3.65. The second-order valence-electron chi connectivity index (χ2n) is 7.02. The van der Waals surface area contributed by atoms with Crippen LogP contribution in [0.5, 0.6) is 0 Å². The van der Waals surface area contributed by atoms with Gasteiger partial charge in [-0.25, -0.2) is 4.98 Å². The van der Waals surface area contributed by atoms with E-state index in [2.05, 4.69) is 15.0 Å². The number of hydrogen-bond donors (Lipinski definition) is 5. The Balaban J connectivity index is 1.91. The first kappa shape index (κ1) is 18.6. The Morgan fingerprint density at radius 1 is 1.32 bits per heavy atom. The molecule has 0 saturated carbocycles. The average Bonchev–Trinajstić information content (AvgIpc) is 3.19. The number of H-pyrrole nitrogens is 1. The molecule has 0 amide bonds. The van der Waals surface area contributed by atoms with Gasteiger partial charge in [-0.3, -0.25) is 14.3 Å². The van der Waals surface area contributed by atoms with Crippen molar-refractivity contribution in [2.45, 2.75) is 37.4 Å². The second kappa shape index (κ2) is 6.67. The van der Waals surface area contributed by atoms with Crippen molar-refractivity contribution in [1.29, 1.82) is 0 Å². The molecule has 1 aliphatic heterocycles. The highest BCUT2D eigenvalue weighted by molar-refractivity contribution is 5.71. The molecule has 2 aromatic heterocycles. The van der Waals surface area contributed by atoms with Crippen molar-refractivity contribution in [3.63, 3.8) is 0 Å². The summed E-state index contributed by atoms with van der Waals surface area (Å²) in [7, 11) is 0. The van der Waals surface area contributed by atoms with Crippen molar-refractivity contribution in [1.82, 2.24) is 19.5 Å². The minimum Gasteiger partial charge on any atom is -0.394 e. The summed E-state index contributed by atoms with van der Waals surface area (Å²) in [5, 5.41) is 30.9. The molecule has 6 N–H and O–H groups in total. The van der Waals surface area contributed by atoms with E-state index in [1.807, 2.05) is 31.2 Å². The van der Waals surface area contributed by atoms with Crippen LogP contribution in [0.2, 0.25) is 0 Å². The first-order valence-corrected chi connectivity index (χ1v) is 8.79. The second-order valence-corrected chi connectivity index (χ2v) is 7.02. The molecule has 0 radical (unpaired) electrons. The van der Waals surface area contributed by atoms with E-state index in [1.165, 1.54) is 10.9 Å². The molecule has 3 aromatic rings. The number of aromatic amines is 1. The number of rotatable bonds is 4. The molecule has 10 heteroatoms. The maximum atomic E-state index is 12.2. The van der Waals surface area contributed by atoms with Crippen LogP contribution in [0.25, 0.3) is 11.2 Å². The summed E-state index contributed by atoms with van der Waals surface area (Å²) < 4.78 is 7.37. The van der Waals surface area contributed by atoms with Crippen molar-refractivity contribution >= 4 is 17.1 Å². The molecule has 10 nitrogen and oxygen atoms in total. The number of aryl methyl sites for hydroxylation is 1. The minimum atomic E-state index is -1.54. The van der Waals surface area contributed by atoms with Gasteiger partial charge in [0.15, 0.2) is 16.9 Å². The van der Waals surface area contributed by atoms with E-state index in [4.69, 9.17) is 10.5 Å². The fraction of sp³-hybridized carbons (Fsp3) is 0.389. The van der Waals surface area contributed by atoms with Gasteiger partial charge in [-0.15, -0.1) is 0 Å². The maximum Gasteiger partial charge on any atom is 0.280 e. The van der Waals surface area contributed by atoms with E-state index < -0.39 is 36.2 Å². The van der Waals surface area contributed by atoms with Crippen molar-refractivity contribution in [3.05, 3.63) is 52.1 Å². The number of aliphatic hydroxyl groups excluding tert-OH is 3. The maximum absolute atomic E-state index is 12.2. The van der Waals surface area contributed by atoms with Gasteiger partial charge in [0.25, 0.3) is 5.56 Å². The Morgan fingerprint density at radius 3 is 2.68 bits per heavy atom. The van der Waals surface area contributed by atoms with Crippen molar-refractivity contribution in [3.8, 4) is 0 Å². The lowest BCUT2D eigenvalue weighted by molar-refractivity contribution is -0.145. The average molecular weight is 387 g/mol. The lowest BCUT2D eigenvalue weighted by Gasteiger charge is -2.34. The van der Waals surface area contributed by atoms with Crippen LogP contribution in [0.15, 0.2) is 35.4 Å². The topological polar surface area (TPSA) is 160 Å². The third-order valence-corrected chi connectivity index (χ3v) is 5.11. The summed E-state index contributed by atoms with van der Waals surface area (Å²) in [6.07, 6.45) is -2.31. The van der Waals surface area contributed by atoms with Crippen LogP contribution in [0.4, 0.5) is 5.95 Å². The zero-order valence-electron chi connectivity index (χ0n) is 15.1. The highest BCUT2D eigenvalue weighted by atomic mass is 16.6. The van der Waals surface area contributed by atoms with E-state index in [1.54, 1.807) is 0 Å². The molecular weight excluding hydrogens is 366 g/mol. The molecule has 0 bridgehead atoms. The van der Waals surface area contributed by atoms with Gasteiger partial charge in [-0.1, -0.05) is 29.8 Å². The largest absolute Gasteiger partial charge is 0.394 e. The van der Waals surface area contributed by atoms with Crippen LogP contribution in [0, 0.1) is 6.92 Å². The Hall–Kier alpha value is -2.79. The molecule has 4 rings (SSSR count). The van der Waals surface area contributed by atoms with Gasteiger partial charge < -0.3 is 25.8 Å². The van der Waals surface area contributed by atoms with Crippen LogP contribution in [-0.2, 0) is 16.9 Å². The minimum absolute atomic E-state index is 0.0234. The standard InChI is InChI=1S/C18H21N5O5/c1-9-2-4-10(5-3-9)6-18(14(26)13(25)11(7-24)28-18)23-8-20-12-15(23)21-17(19)22-16(12)27/h2-5,8,11,13-14,24-26H,6-7H2,1H3,(H3,19,21,22,27)/t11-,13-,14-,18-/m1/s1. The summed E-state index contributed by atoms with van der Waals surface area (Å²) in [6, 6.07) is 7.58. The Bertz CT molecular complexity index is 1060. The van der Waals surface area contributed by atoms with Gasteiger partial charge in [-0.2, -0.15) is 4.98 Å². The summed E-state index contributed by atoms with van der Waals surface area (Å²) in [6.45, 7) is 1.46. The molecule has 0 unspecified atom stereocenters. The molecule has 1 fully saturated rings. The molecule has 1 aliphatic rings. The van der Waals surface area contributed by atoms with Crippen molar-refractivity contribution < 1.29 is 20.1 Å². The van der Waals surface area contributed by atoms with Gasteiger partial charge >= 0.3 is 0 Å². The number of nitrogens with zero attached hydrogens (tertiary/aromatic N) is 3. The summed E-state index contributed by atoms with van der Waals surface area (Å²) >= 11 is 0. The predicted molar refractivity (Wildman–Crippen MR) is 99.4 cm³/mol. The first-order chi connectivity index (χ1) is 13.4. The number of anilines is 1.